The van der Waals surface area contributed by atoms with Gasteiger partial charge in [0, 0.05) is 23.3 Å². The Morgan fingerprint density at radius 1 is 1.21 bits per heavy atom. The number of nitrogens with zero attached hydrogens (tertiary/aromatic N) is 2. The van der Waals surface area contributed by atoms with Crippen LogP contribution in [-0.4, -0.2) is 37.9 Å². The van der Waals surface area contributed by atoms with Crippen molar-refractivity contribution in [2.24, 2.45) is 0 Å². The van der Waals surface area contributed by atoms with E-state index < -0.39 is 11.3 Å². The maximum absolute atomic E-state index is 11.1. The van der Waals surface area contributed by atoms with Gasteiger partial charge in [0.1, 0.15) is 11.9 Å². The highest BCUT2D eigenvalue weighted by Gasteiger charge is 2.14. The van der Waals surface area contributed by atoms with Gasteiger partial charge in [0.15, 0.2) is 0 Å². The smallest absolute Gasteiger partial charge is 0.259 e. The van der Waals surface area contributed by atoms with E-state index in [0.717, 1.165) is 48.1 Å². The number of piperidine rings is 1. The average Bonchev–Trinajstić information content (AvgIpc) is 2.71. The maximum atomic E-state index is 11.1. The summed E-state index contributed by atoms with van der Waals surface area (Å²) in [6.45, 7) is 3.81. The van der Waals surface area contributed by atoms with Crippen LogP contribution in [0.2, 0.25) is 0 Å². The van der Waals surface area contributed by atoms with Gasteiger partial charge in [0.05, 0.1) is 11.2 Å². The van der Waals surface area contributed by atoms with Crippen molar-refractivity contribution in [3.8, 4) is 5.75 Å². The SMILES string of the molecule is Cc1ccc(Nc2ncc3ccc(OC4CCNCC4)cc3n2)cc1NS(=O)O. The molecule has 9 heteroatoms. The molecule has 1 atom stereocenters. The molecule has 8 nitrogen and oxygen atoms in total. The zero-order valence-corrected chi connectivity index (χ0v) is 16.8. The van der Waals surface area contributed by atoms with Gasteiger partial charge in [-0.1, -0.05) is 6.07 Å². The molecule has 152 valence electrons. The molecule has 1 saturated heterocycles. The molecule has 4 N–H and O–H groups in total. The lowest BCUT2D eigenvalue weighted by atomic mass is 10.1. The van der Waals surface area contributed by atoms with Gasteiger partial charge in [0.2, 0.25) is 5.95 Å². The van der Waals surface area contributed by atoms with Crippen LogP contribution < -0.4 is 20.1 Å². The fraction of sp³-hybridized carbons (Fsp3) is 0.300. The van der Waals surface area contributed by atoms with Gasteiger partial charge < -0.3 is 15.4 Å². The second-order valence-corrected chi connectivity index (χ2v) is 7.69. The summed E-state index contributed by atoms with van der Waals surface area (Å²) >= 11 is -2.13. The van der Waals surface area contributed by atoms with E-state index in [1.54, 1.807) is 12.3 Å². The lowest BCUT2D eigenvalue weighted by Crippen LogP contribution is -2.34. The van der Waals surface area contributed by atoms with Crippen molar-refractivity contribution in [3.05, 3.63) is 48.2 Å². The van der Waals surface area contributed by atoms with E-state index in [1.807, 2.05) is 37.3 Å². The van der Waals surface area contributed by atoms with Crippen molar-refractivity contribution < 1.29 is 13.5 Å². The van der Waals surface area contributed by atoms with Crippen LogP contribution in [-0.2, 0) is 11.3 Å². The zero-order valence-electron chi connectivity index (χ0n) is 16.0. The summed E-state index contributed by atoms with van der Waals surface area (Å²) in [5.74, 6) is 1.25. The van der Waals surface area contributed by atoms with E-state index in [0.29, 0.717) is 17.3 Å². The third-order valence-electron chi connectivity index (χ3n) is 4.83. The molecule has 0 bridgehead atoms. The summed E-state index contributed by atoms with van der Waals surface area (Å²) in [5, 5.41) is 7.41. The monoisotopic (exact) mass is 413 g/mol. The number of aryl methyl sites for hydroxylation is 1. The van der Waals surface area contributed by atoms with Crippen LogP contribution in [0, 0.1) is 6.92 Å². The van der Waals surface area contributed by atoms with Gasteiger partial charge in [-0.15, -0.1) is 0 Å². The molecule has 1 aromatic heterocycles. The van der Waals surface area contributed by atoms with Gasteiger partial charge in [-0.3, -0.25) is 9.27 Å². The molecule has 4 rings (SSSR count). The van der Waals surface area contributed by atoms with Crippen LogP contribution in [0.4, 0.5) is 17.3 Å². The first-order chi connectivity index (χ1) is 14.1. The molecule has 3 aromatic rings. The topological polar surface area (TPSA) is 108 Å². The minimum absolute atomic E-state index is 0.226. The number of ether oxygens (including phenoxy) is 1. The van der Waals surface area contributed by atoms with Crippen LogP contribution in [0.15, 0.2) is 42.6 Å². The lowest BCUT2D eigenvalue weighted by molar-refractivity contribution is 0.162. The van der Waals surface area contributed by atoms with Crippen molar-refractivity contribution in [1.29, 1.82) is 0 Å². The van der Waals surface area contributed by atoms with Crippen molar-refractivity contribution >= 4 is 39.5 Å². The third-order valence-corrected chi connectivity index (χ3v) is 5.23. The Kier molecular flexibility index (Phi) is 5.89. The molecular weight excluding hydrogens is 390 g/mol. The van der Waals surface area contributed by atoms with Gasteiger partial charge >= 0.3 is 0 Å². The summed E-state index contributed by atoms with van der Waals surface area (Å²) in [6.07, 6.45) is 3.98. The van der Waals surface area contributed by atoms with Gasteiger partial charge in [-0.05, 0) is 62.7 Å². The second kappa shape index (κ2) is 8.73. The summed E-state index contributed by atoms with van der Waals surface area (Å²) in [4.78, 5) is 8.95. The molecule has 1 unspecified atom stereocenters. The van der Waals surface area contributed by atoms with Gasteiger partial charge in [-0.2, -0.15) is 0 Å². The average molecular weight is 414 g/mol. The number of anilines is 3. The first kappa shape index (κ1) is 19.6. The van der Waals surface area contributed by atoms with Gasteiger partial charge in [-0.25, -0.2) is 14.2 Å². The molecule has 1 fully saturated rings. The van der Waals surface area contributed by atoms with Crippen LogP contribution in [0.25, 0.3) is 10.9 Å². The Morgan fingerprint density at radius 3 is 2.83 bits per heavy atom. The van der Waals surface area contributed by atoms with Crippen molar-refractivity contribution in [2.75, 3.05) is 23.1 Å². The molecule has 0 radical (unpaired) electrons. The van der Waals surface area contributed by atoms with Crippen LogP contribution in [0.1, 0.15) is 18.4 Å². The fourth-order valence-corrected chi connectivity index (χ4v) is 3.68. The summed E-state index contributed by atoms with van der Waals surface area (Å²) in [7, 11) is 0. The third kappa shape index (κ3) is 5.00. The quantitative estimate of drug-likeness (QED) is 0.459. The Hall–Kier alpha value is -2.75. The van der Waals surface area contributed by atoms with E-state index in [1.165, 1.54) is 0 Å². The van der Waals surface area contributed by atoms with E-state index in [4.69, 9.17) is 9.29 Å². The molecule has 0 spiro atoms. The fourth-order valence-electron chi connectivity index (χ4n) is 3.28. The Balaban J connectivity index is 1.54. The molecule has 0 aliphatic carbocycles. The molecule has 0 amide bonds. The molecule has 0 saturated carbocycles. The van der Waals surface area contributed by atoms with Crippen molar-refractivity contribution in [2.45, 2.75) is 25.9 Å². The molecule has 1 aliphatic heterocycles. The maximum Gasteiger partial charge on any atom is 0.259 e. The highest BCUT2D eigenvalue weighted by atomic mass is 32.2. The van der Waals surface area contributed by atoms with Crippen LogP contribution >= 0.6 is 0 Å². The largest absolute Gasteiger partial charge is 0.490 e. The number of aromatic nitrogens is 2. The molecule has 2 aromatic carbocycles. The minimum Gasteiger partial charge on any atom is -0.490 e. The number of nitrogens with one attached hydrogen (secondary N) is 3. The summed E-state index contributed by atoms with van der Waals surface area (Å²) < 4.78 is 28.7. The Morgan fingerprint density at radius 2 is 2.03 bits per heavy atom. The summed E-state index contributed by atoms with van der Waals surface area (Å²) in [6, 6.07) is 11.3. The predicted octanol–water partition coefficient (Wildman–Crippen LogP) is 3.36. The lowest BCUT2D eigenvalue weighted by Gasteiger charge is -2.23. The molecule has 29 heavy (non-hydrogen) atoms. The Bertz CT molecular complexity index is 1040. The van der Waals surface area contributed by atoms with Crippen LogP contribution in [0.3, 0.4) is 0 Å². The summed E-state index contributed by atoms with van der Waals surface area (Å²) in [5.41, 5.74) is 2.92. The van der Waals surface area contributed by atoms with Crippen LogP contribution in [0.5, 0.6) is 5.75 Å². The highest BCUT2D eigenvalue weighted by Crippen LogP contribution is 2.25. The number of hydrogen-bond acceptors (Lipinski definition) is 6. The van der Waals surface area contributed by atoms with E-state index in [2.05, 4.69) is 25.3 Å². The Labute approximate surface area is 171 Å². The molecule has 1 aliphatic rings. The van der Waals surface area contributed by atoms with Gasteiger partial charge in [0.25, 0.3) is 11.3 Å². The van der Waals surface area contributed by atoms with Crippen molar-refractivity contribution in [3.63, 3.8) is 0 Å². The minimum atomic E-state index is -2.13. The predicted molar refractivity (Wildman–Crippen MR) is 115 cm³/mol. The number of hydrogen-bond donors (Lipinski definition) is 4. The van der Waals surface area contributed by atoms with E-state index in [9.17, 15) is 4.21 Å². The highest BCUT2D eigenvalue weighted by molar-refractivity contribution is 7.80. The normalized spacial score (nSPS) is 15.8. The first-order valence-corrected chi connectivity index (χ1v) is 10.6. The number of rotatable bonds is 6. The van der Waals surface area contributed by atoms with Crippen molar-refractivity contribution in [1.82, 2.24) is 15.3 Å². The molecular formula is C20H23N5O3S. The standard InChI is InChI=1S/C20H23N5O3S/c1-13-2-4-15(10-18(13)25-29(26)27)23-20-22-12-14-3-5-17(11-19(14)24-20)28-16-6-8-21-9-7-16/h2-5,10-12,16,21,25H,6-9H2,1H3,(H,26,27)(H,22,23,24). The number of fused-ring (bicyclic) bond motifs is 1. The molecule has 2 heterocycles. The number of benzene rings is 2. The van der Waals surface area contributed by atoms with E-state index >= 15 is 0 Å². The second-order valence-electron chi connectivity index (χ2n) is 6.99. The zero-order chi connectivity index (χ0) is 20.2. The van der Waals surface area contributed by atoms with E-state index in [-0.39, 0.29) is 6.10 Å². The first-order valence-electron chi connectivity index (χ1n) is 9.46.